The van der Waals surface area contributed by atoms with Gasteiger partial charge in [-0.25, -0.2) is 0 Å². The Kier molecular flexibility index (Phi) is 2.21. The minimum Gasteiger partial charge on any atom is -0.270 e. The fourth-order valence-corrected chi connectivity index (χ4v) is 1.14. The number of pyridine rings is 1. The topological polar surface area (TPSA) is 56.3 Å². The van der Waals surface area contributed by atoms with Crippen LogP contribution in [0.3, 0.4) is 0 Å². The predicted molar refractivity (Wildman–Crippen MR) is 37.3 cm³/mol. The lowest BCUT2D eigenvalue weighted by molar-refractivity contribution is 0.397. The van der Waals surface area contributed by atoms with Crippen LogP contribution in [-0.2, 0) is 14.3 Å². The first kappa shape index (κ1) is 8.16. The van der Waals surface area contributed by atoms with Crippen LogP contribution in [0.15, 0.2) is 23.4 Å². The molecule has 1 heterocycles. The lowest BCUT2D eigenvalue weighted by Gasteiger charge is -1.97. The SMILES string of the molecule is COS(=O)(=O)c1c[c]cnc1. The molecule has 4 nitrogen and oxygen atoms in total. The second-order valence-corrected chi connectivity index (χ2v) is 3.45. The Labute approximate surface area is 65.0 Å². The molecule has 1 radical (unpaired) electrons. The third kappa shape index (κ3) is 1.75. The minimum absolute atomic E-state index is 0.0162. The van der Waals surface area contributed by atoms with Crippen molar-refractivity contribution in [2.45, 2.75) is 4.90 Å². The smallest absolute Gasteiger partial charge is 0.270 e. The lowest BCUT2D eigenvalue weighted by atomic mass is 10.5. The first-order chi connectivity index (χ1) is 5.17. The van der Waals surface area contributed by atoms with E-state index in [0.717, 1.165) is 7.11 Å². The van der Waals surface area contributed by atoms with Gasteiger partial charge >= 0.3 is 0 Å². The number of nitrogens with zero attached hydrogens (tertiary/aromatic N) is 1. The van der Waals surface area contributed by atoms with E-state index in [1.807, 2.05) is 0 Å². The van der Waals surface area contributed by atoms with Crippen molar-refractivity contribution < 1.29 is 12.6 Å². The molecule has 0 fully saturated rings. The van der Waals surface area contributed by atoms with Crippen LogP contribution in [0.4, 0.5) is 0 Å². The maximum absolute atomic E-state index is 10.9. The summed E-state index contributed by atoms with van der Waals surface area (Å²) in [6, 6.07) is 3.83. The number of aromatic nitrogens is 1. The normalized spacial score (nSPS) is 11.4. The maximum Gasteiger partial charge on any atom is 0.298 e. The van der Waals surface area contributed by atoms with Gasteiger partial charge in [0, 0.05) is 18.5 Å². The molecule has 0 saturated carbocycles. The van der Waals surface area contributed by atoms with Crippen LogP contribution in [0.5, 0.6) is 0 Å². The van der Waals surface area contributed by atoms with Crippen molar-refractivity contribution in [3.8, 4) is 0 Å². The minimum atomic E-state index is -3.59. The average Bonchev–Trinajstić information content (AvgIpc) is 2.06. The standard InChI is InChI=1S/C6H6NO3S/c1-10-11(8,9)6-3-2-4-7-5-6/h3-5H,1H3. The summed E-state index contributed by atoms with van der Waals surface area (Å²) in [5.41, 5.74) is 0. The summed E-state index contributed by atoms with van der Waals surface area (Å²) >= 11 is 0. The van der Waals surface area contributed by atoms with Crippen molar-refractivity contribution in [2.75, 3.05) is 7.11 Å². The fourth-order valence-electron chi connectivity index (χ4n) is 0.543. The molecule has 1 aromatic rings. The average molecular weight is 172 g/mol. The Bertz CT molecular complexity index is 319. The van der Waals surface area contributed by atoms with Gasteiger partial charge in [-0.2, -0.15) is 8.42 Å². The molecule has 59 valence electrons. The van der Waals surface area contributed by atoms with E-state index < -0.39 is 10.1 Å². The van der Waals surface area contributed by atoms with Crippen LogP contribution in [0.2, 0.25) is 0 Å². The van der Waals surface area contributed by atoms with Gasteiger partial charge in [-0.05, 0) is 6.07 Å². The second kappa shape index (κ2) is 2.98. The summed E-state index contributed by atoms with van der Waals surface area (Å²) in [4.78, 5) is 3.60. The number of hydrogen-bond acceptors (Lipinski definition) is 4. The van der Waals surface area contributed by atoms with E-state index in [1.54, 1.807) is 0 Å². The fraction of sp³-hybridized carbons (Fsp3) is 0.167. The zero-order chi connectivity index (χ0) is 8.32. The summed E-state index contributed by atoms with van der Waals surface area (Å²) in [6.45, 7) is 0. The van der Waals surface area contributed by atoms with E-state index in [0.29, 0.717) is 0 Å². The molecule has 5 heteroatoms. The van der Waals surface area contributed by atoms with Gasteiger partial charge in [0.1, 0.15) is 4.90 Å². The molecular weight excluding hydrogens is 166 g/mol. The molecule has 0 saturated heterocycles. The highest BCUT2D eigenvalue weighted by molar-refractivity contribution is 7.86. The summed E-state index contributed by atoms with van der Waals surface area (Å²) in [6.07, 6.45) is 2.57. The highest BCUT2D eigenvalue weighted by atomic mass is 32.2. The maximum atomic E-state index is 10.9. The third-order valence-electron chi connectivity index (χ3n) is 1.08. The van der Waals surface area contributed by atoms with Gasteiger partial charge in [0.05, 0.1) is 7.11 Å². The van der Waals surface area contributed by atoms with Crippen LogP contribution >= 0.6 is 0 Å². The zero-order valence-corrected chi connectivity index (χ0v) is 6.63. The molecule has 0 amide bonds. The first-order valence-corrected chi connectivity index (χ1v) is 4.19. The Morgan fingerprint density at radius 3 is 2.82 bits per heavy atom. The molecular formula is C6H6NO3S. The quantitative estimate of drug-likeness (QED) is 0.599. The van der Waals surface area contributed by atoms with E-state index in [-0.39, 0.29) is 4.90 Å². The monoisotopic (exact) mass is 172 g/mol. The van der Waals surface area contributed by atoms with Gasteiger partial charge in [0.2, 0.25) is 0 Å². The molecule has 0 spiro atoms. The van der Waals surface area contributed by atoms with Gasteiger partial charge in [-0.1, -0.05) is 0 Å². The van der Waals surface area contributed by atoms with E-state index in [4.69, 9.17) is 0 Å². The molecule has 0 aliphatic rings. The Balaban J connectivity index is 3.14. The van der Waals surface area contributed by atoms with Crippen LogP contribution < -0.4 is 0 Å². The van der Waals surface area contributed by atoms with Crippen LogP contribution in [0.1, 0.15) is 0 Å². The summed E-state index contributed by atoms with van der Waals surface area (Å²) < 4.78 is 26.1. The molecule has 0 atom stereocenters. The second-order valence-electron chi connectivity index (χ2n) is 1.74. The molecule has 0 bridgehead atoms. The van der Waals surface area contributed by atoms with Crippen molar-refractivity contribution in [3.05, 3.63) is 24.5 Å². The van der Waals surface area contributed by atoms with Crippen LogP contribution in [0.25, 0.3) is 0 Å². The lowest BCUT2D eigenvalue weighted by Crippen LogP contribution is -2.02. The Hall–Kier alpha value is -0.940. The molecule has 0 aromatic carbocycles. The van der Waals surface area contributed by atoms with Crippen molar-refractivity contribution in [2.24, 2.45) is 0 Å². The van der Waals surface area contributed by atoms with E-state index in [9.17, 15) is 8.42 Å². The summed E-state index contributed by atoms with van der Waals surface area (Å²) in [5.74, 6) is 0. The van der Waals surface area contributed by atoms with Crippen LogP contribution in [-0.4, -0.2) is 20.5 Å². The van der Waals surface area contributed by atoms with Gasteiger partial charge in [0.15, 0.2) is 0 Å². The number of hydrogen-bond donors (Lipinski definition) is 0. The van der Waals surface area contributed by atoms with Crippen LogP contribution in [0, 0.1) is 6.07 Å². The van der Waals surface area contributed by atoms with Gasteiger partial charge < -0.3 is 0 Å². The third-order valence-corrected chi connectivity index (χ3v) is 2.32. The molecule has 0 N–H and O–H groups in total. The molecule has 0 aliphatic carbocycles. The number of rotatable bonds is 2. The first-order valence-electron chi connectivity index (χ1n) is 2.78. The van der Waals surface area contributed by atoms with Gasteiger partial charge in [-0.15, -0.1) is 0 Å². The molecule has 1 aromatic heterocycles. The largest absolute Gasteiger partial charge is 0.298 e. The van der Waals surface area contributed by atoms with Gasteiger partial charge in [0.25, 0.3) is 10.1 Å². The predicted octanol–water partition coefficient (Wildman–Crippen LogP) is 0.217. The van der Waals surface area contributed by atoms with Gasteiger partial charge in [-0.3, -0.25) is 9.17 Å². The highest BCUT2D eigenvalue weighted by Gasteiger charge is 2.11. The van der Waals surface area contributed by atoms with E-state index in [1.165, 1.54) is 18.5 Å². The van der Waals surface area contributed by atoms with Crippen molar-refractivity contribution in [1.29, 1.82) is 0 Å². The van der Waals surface area contributed by atoms with Crippen molar-refractivity contribution in [3.63, 3.8) is 0 Å². The molecule has 1 rings (SSSR count). The highest BCUT2D eigenvalue weighted by Crippen LogP contribution is 2.07. The van der Waals surface area contributed by atoms with Crippen molar-refractivity contribution >= 4 is 10.1 Å². The van der Waals surface area contributed by atoms with E-state index >= 15 is 0 Å². The Morgan fingerprint density at radius 1 is 1.64 bits per heavy atom. The summed E-state index contributed by atoms with van der Waals surface area (Å²) in [7, 11) is -2.49. The molecule has 0 aliphatic heterocycles. The zero-order valence-electron chi connectivity index (χ0n) is 5.81. The molecule has 0 unspecified atom stereocenters. The van der Waals surface area contributed by atoms with Crippen molar-refractivity contribution in [1.82, 2.24) is 4.98 Å². The summed E-state index contributed by atoms with van der Waals surface area (Å²) in [5, 5.41) is 0. The van der Waals surface area contributed by atoms with E-state index in [2.05, 4.69) is 15.2 Å². The molecule has 11 heavy (non-hydrogen) atoms. The Morgan fingerprint density at radius 2 is 2.36 bits per heavy atom.